The molecule has 0 aliphatic carbocycles. The predicted molar refractivity (Wildman–Crippen MR) is 80.7 cm³/mol. The van der Waals surface area contributed by atoms with E-state index in [1.165, 1.54) is 12.8 Å². The van der Waals surface area contributed by atoms with Gasteiger partial charge < -0.3 is 10.6 Å². The van der Waals surface area contributed by atoms with E-state index in [0.717, 1.165) is 30.6 Å². The number of fused-ring (bicyclic) bond motifs is 2. The average molecular weight is 273 g/mol. The number of likely N-dealkylation sites (tertiary alicyclic amines) is 1. The van der Waals surface area contributed by atoms with Gasteiger partial charge in [0.25, 0.3) is 5.91 Å². The molecule has 2 fully saturated rings. The summed E-state index contributed by atoms with van der Waals surface area (Å²) in [5, 5.41) is 0. The summed E-state index contributed by atoms with van der Waals surface area (Å²) >= 11 is 0. The van der Waals surface area contributed by atoms with Crippen LogP contribution in [0.2, 0.25) is 0 Å². The fourth-order valence-electron chi connectivity index (χ4n) is 3.53. The zero-order chi connectivity index (χ0) is 14.3. The summed E-state index contributed by atoms with van der Waals surface area (Å²) in [5.74, 6) is 0.135. The summed E-state index contributed by atoms with van der Waals surface area (Å²) in [5.41, 5.74) is 8.25. The van der Waals surface area contributed by atoms with Crippen molar-refractivity contribution in [1.29, 1.82) is 0 Å². The molecule has 2 bridgehead atoms. The van der Waals surface area contributed by atoms with Gasteiger partial charge in [-0.15, -0.1) is 0 Å². The van der Waals surface area contributed by atoms with Crippen molar-refractivity contribution < 1.29 is 4.79 Å². The fourth-order valence-corrected chi connectivity index (χ4v) is 3.53. The number of carbonyl (C=O) groups excluding carboxylic acids is 1. The molecule has 2 heterocycles. The number of rotatable bonds is 1. The Balaban J connectivity index is 1.82. The standard InChI is InChI=1S/C16H23N3O/c1-11-3-4-12(17)9-15(11)16(20)19-8-7-13-5-6-14(10-19)18(13)2/h3-4,9,13-14H,5-8,10,17H2,1-2H3. The molecule has 108 valence electrons. The van der Waals surface area contributed by atoms with E-state index >= 15 is 0 Å². The molecule has 1 aromatic carbocycles. The van der Waals surface area contributed by atoms with Gasteiger partial charge in [0.1, 0.15) is 0 Å². The lowest BCUT2D eigenvalue weighted by molar-refractivity contribution is 0.0739. The number of nitrogens with zero attached hydrogens (tertiary/aromatic N) is 2. The smallest absolute Gasteiger partial charge is 0.254 e. The number of amides is 1. The van der Waals surface area contributed by atoms with Gasteiger partial charge in [0.2, 0.25) is 0 Å². The number of hydrogen-bond acceptors (Lipinski definition) is 3. The minimum Gasteiger partial charge on any atom is -0.399 e. The molecule has 2 unspecified atom stereocenters. The van der Waals surface area contributed by atoms with Crippen LogP contribution in [0, 0.1) is 6.92 Å². The molecular weight excluding hydrogens is 250 g/mol. The average Bonchev–Trinajstić information content (AvgIpc) is 2.65. The third kappa shape index (κ3) is 2.29. The second-order valence-electron chi connectivity index (χ2n) is 6.16. The van der Waals surface area contributed by atoms with Gasteiger partial charge in [-0.1, -0.05) is 6.07 Å². The first kappa shape index (κ1) is 13.4. The van der Waals surface area contributed by atoms with E-state index in [1.54, 1.807) is 0 Å². The van der Waals surface area contributed by atoms with E-state index in [2.05, 4.69) is 11.9 Å². The SMILES string of the molecule is Cc1ccc(N)cc1C(=O)N1CCC2CCC(C1)N2C. The minimum atomic E-state index is 0.135. The third-order valence-corrected chi connectivity index (χ3v) is 4.93. The Hall–Kier alpha value is -1.55. The summed E-state index contributed by atoms with van der Waals surface area (Å²) in [6, 6.07) is 6.76. The van der Waals surface area contributed by atoms with Crippen LogP contribution in [-0.2, 0) is 0 Å². The monoisotopic (exact) mass is 273 g/mol. The lowest BCUT2D eigenvalue weighted by Crippen LogP contribution is -2.39. The Labute approximate surface area is 120 Å². The number of carbonyl (C=O) groups is 1. The van der Waals surface area contributed by atoms with E-state index in [1.807, 2.05) is 30.0 Å². The number of aryl methyl sites for hydroxylation is 1. The van der Waals surface area contributed by atoms with Crippen LogP contribution in [0.15, 0.2) is 18.2 Å². The van der Waals surface area contributed by atoms with Crippen LogP contribution in [-0.4, -0.2) is 47.9 Å². The molecule has 20 heavy (non-hydrogen) atoms. The molecule has 0 spiro atoms. The second-order valence-corrected chi connectivity index (χ2v) is 6.16. The molecule has 3 rings (SSSR count). The third-order valence-electron chi connectivity index (χ3n) is 4.93. The Kier molecular flexibility index (Phi) is 3.42. The zero-order valence-electron chi connectivity index (χ0n) is 12.3. The topological polar surface area (TPSA) is 49.6 Å². The molecule has 2 N–H and O–H groups in total. The van der Waals surface area contributed by atoms with Gasteiger partial charge >= 0.3 is 0 Å². The second kappa shape index (κ2) is 5.09. The van der Waals surface area contributed by atoms with Crippen LogP contribution in [0.5, 0.6) is 0 Å². The first-order valence-electron chi connectivity index (χ1n) is 7.43. The summed E-state index contributed by atoms with van der Waals surface area (Å²) < 4.78 is 0. The first-order chi connectivity index (χ1) is 9.56. The maximum Gasteiger partial charge on any atom is 0.254 e. The fraction of sp³-hybridized carbons (Fsp3) is 0.562. The Morgan fingerprint density at radius 2 is 2.00 bits per heavy atom. The zero-order valence-corrected chi connectivity index (χ0v) is 12.3. The molecule has 1 amide bonds. The van der Waals surface area contributed by atoms with Gasteiger partial charge in [-0.25, -0.2) is 0 Å². The number of benzene rings is 1. The van der Waals surface area contributed by atoms with Gasteiger partial charge in [-0.2, -0.15) is 0 Å². The maximum atomic E-state index is 12.8. The first-order valence-corrected chi connectivity index (χ1v) is 7.43. The van der Waals surface area contributed by atoms with Crippen LogP contribution in [0.25, 0.3) is 0 Å². The van der Waals surface area contributed by atoms with E-state index in [-0.39, 0.29) is 5.91 Å². The van der Waals surface area contributed by atoms with Crippen LogP contribution in [0.3, 0.4) is 0 Å². The molecule has 4 heteroatoms. The molecule has 4 nitrogen and oxygen atoms in total. The molecule has 2 atom stereocenters. The number of hydrogen-bond donors (Lipinski definition) is 1. The Morgan fingerprint density at radius 3 is 2.80 bits per heavy atom. The van der Waals surface area contributed by atoms with Gasteiger partial charge in [-0.3, -0.25) is 9.69 Å². The summed E-state index contributed by atoms with van der Waals surface area (Å²) in [7, 11) is 2.20. The summed E-state index contributed by atoms with van der Waals surface area (Å²) in [4.78, 5) is 17.2. The van der Waals surface area contributed by atoms with Crippen molar-refractivity contribution in [3.05, 3.63) is 29.3 Å². The molecule has 2 aliphatic rings. The maximum absolute atomic E-state index is 12.8. The normalized spacial score (nSPS) is 26.6. The number of likely N-dealkylation sites (N-methyl/N-ethyl adjacent to an activating group) is 1. The molecule has 2 saturated heterocycles. The van der Waals surface area contributed by atoms with Gasteiger partial charge in [0.05, 0.1) is 0 Å². The minimum absolute atomic E-state index is 0.135. The van der Waals surface area contributed by atoms with Gasteiger partial charge in [-0.05, 0) is 50.9 Å². The van der Waals surface area contributed by atoms with Crippen LogP contribution in [0.4, 0.5) is 5.69 Å². The summed E-state index contributed by atoms with van der Waals surface area (Å²) in [6.45, 7) is 3.68. The molecule has 0 radical (unpaired) electrons. The molecule has 2 aliphatic heterocycles. The van der Waals surface area contributed by atoms with E-state index < -0.39 is 0 Å². The number of nitrogen functional groups attached to an aromatic ring is 1. The highest BCUT2D eigenvalue weighted by Crippen LogP contribution is 2.29. The summed E-state index contributed by atoms with van der Waals surface area (Å²) in [6.07, 6.45) is 3.57. The number of nitrogens with two attached hydrogens (primary N) is 1. The Bertz CT molecular complexity index is 528. The van der Waals surface area contributed by atoms with Crippen molar-refractivity contribution in [2.24, 2.45) is 0 Å². The largest absolute Gasteiger partial charge is 0.399 e. The van der Waals surface area contributed by atoms with E-state index in [4.69, 9.17) is 5.73 Å². The molecular formula is C16H23N3O. The van der Waals surface area contributed by atoms with Crippen LogP contribution >= 0.6 is 0 Å². The van der Waals surface area contributed by atoms with E-state index in [9.17, 15) is 4.79 Å². The van der Waals surface area contributed by atoms with Gasteiger partial charge in [0.15, 0.2) is 0 Å². The van der Waals surface area contributed by atoms with Crippen molar-refractivity contribution in [2.75, 3.05) is 25.9 Å². The lowest BCUT2D eigenvalue weighted by Gasteiger charge is -2.26. The lowest BCUT2D eigenvalue weighted by atomic mass is 10.0. The van der Waals surface area contributed by atoms with Crippen molar-refractivity contribution in [1.82, 2.24) is 9.80 Å². The van der Waals surface area contributed by atoms with E-state index in [0.29, 0.717) is 17.8 Å². The van der Waals surface area contributed by atoms with Crippen molar-refractivity contribution in [2.45, 2.75) is 38.3 Å². The number of anilines is 1. The van der Waals surface area contributed by atoms with Crippen molar-refractivity contribution >= 4 is 11.6 Å². The predicted octanol–water partition coefficient (Wildman–Crippen LogP) is 1.89. The molecule has 0 saturated carbocycles. The van der Waals surface area contributed by atoms with Crippen molar-refractivity contribution in [3.63, 3.8) is 0 Å². The highest BCUT2D eigenvalue weighted by molar-refractivity contribution is 5.96. The van der Waals surface area contributed by atoms with Crippen LogP contribution in [0.1, 0.15) is 35.2 Å². The molecule has 0 aromatic heterocycles. The van der Waals surface area contributed by atoms with Gasteiger partial charge in [0, 0.05) is 36.4 Å². The van der Waals surface area contributed by atoms with Crippen LogP contribution < -0.4 is 5.73 Å². The quantitative estimate of drug-likeness (QED) is 0.795. The molecule has 1 aromatic rings. The van der Waals surface area contributed by atoms with Crippen molar-refractivity contribution in [3.8, 4) is 0 Å². The highest BCUT2D eigenvalue weighted by atomic mass is 16.2. The highest BCUT2D eigenvalue weighted by Gasteiger charge is 2.36. The Morgan fingerprint density at radius 1 is 1.25 bits per heavy atom.